The van der Waals surface area contributed by atoms with E-state index in [9.17, 15) is 0 Å². The van der Waals surface area contributed by atoms with Crippen molar-refractivity contribution in [2.45, 2.75) is 65.7 Å². The van der Waals surface area contributed by atoms with Crippen molar-refractivity contribution in [1.82, 2.24) is 24.1 Å². The predicted octanol–water partition coefficient (Wildman–Crippen LogP) is 15.7. The van der Waals surface area contributed by atoms with Crippen LogP contribution in [0, 0.1) is 0 Å². The molecule has 0 saturated carbocycles. The zero-order chi connectivity index (χ0) is 43.1. The maximum atomic E-state index is 5.61. The zero-order valence-electron chi connectivity index (χ0n) is 37.0. The van der Waals surface area contributed by atoms with Crippen LogP contribution in [0.5, 0.6) is 0 Å². The van der Waals surface area contributed by atoms with Crippen LogP contribution in [0.25, 0.3) is 99.8 Å². The SMILES string of the molecule is CC(C)c1cccc(C(C)C)c1-c1ccc2c(c1)c1ccc(-c3cccc4c3nc(-c3cccc5c3[nH]c3ccccc35)n4-c3ccccc3)cc1n2-c1cc(C(C)(C)C)ccn1. The van der Waals surface area contributed by atoms with Crippen molar-refractivity contribution >= 4 is 54.6 Å². The molecule has 0 unspecified atom stereocenters. The van der Waals surface area contributed by atoms with Crippen molar-refractivity contribution in [3.63, 3.8) is 0 Å². The number of fused-ring (bicyclic) bond motifs is 7. The van der Waals surface area contributed by atoms with Gasteiger partial charge in [0.1, 0.15) is 11.6 Å². The summed E-state index contributed by atoms with van der Waals surface area (Å²) in [4.78, 5) is 14.4. The summed E-state index contributed by atoms with van der Waals surface area (Å²) in [6.45, 7) is 16.0. The van der Waals surface area contributed by atoms with Crippen molar-refractivity contribution in [2.75, 3.05) is 0 Å². The van der Waals surface area contributed by atoms with Crippen LogP contribution in [0.1, 0.15) is 77.0 Å². The van der Waals surface area contributed by atoms with E-state index in [1.54, 1.807) is 0 Å². The fraction of sp³-hybridized carbons (Fsp3) is 0.172. The van der Waals surface area contributed by atoms with Crippen molar-refractivity contribution in [3.8, 4) is 45.1 Å². The number of nitrogens with one attached hydrogen (secondary N) is 1. The standard InChI is InChI=1S/C58H51N5/c1-35(2)41-19-13-20-42(36(3)4)54(41)38-27-29-50-48(32-38)45-28-26-37(33-52(45)63(50)53-34-39(30-31-59-53)58(5,6)7)43-21-15-25-51-56(43)61-57(62(51)40-16-9-8-10-17-40)47-23-14-22-46-44-18-11-12-24-49(44)60-55(46)47/h8-36,60H,1-7H3. The maximum Gasteiger partial charge on any atom is 0.147 e. The van der Waals surface area contributed by atoms with Crippen LogP contribution in [0.15, 0.2) is 164 Å². The van der Waals surface area contributed by atoms with E-state index in [1.165, 1.54) is 49.4 Å². The quantitative estimate of drug-likeness (QED) is 0.174. The number of aromatic nitrogens is 5. The maximum absolute atomic E-state index is 5.61. The van der Waals surface area contributed by atoms with E-state index >= 15 is 0 Å². The van der Waals surface area contributed by atoms with Crippen LogP contribution in [0.2, 0.25) is 0 Å². The number of para-hydroxylation sites is 4. The highest BCUT2D eigenvalue weighted by atomic mass is 15.1. The lowest BCUT2D eigenvalue weighted by Gasteiger charge is -2.20. The molecular weight excluding hydrogens is 767 g/mol. The van der Waals surface area contributed by atoms with Gasteiger partial charge in [0, 0.05) is 50.1 Å². The molecule has 0 aliphatic carbocycles. The lowest BCUT2D eigenvalue weighted by Crippen LogP contribution is -2.12. The molecule has 0 fully saturated rings. The third kappa shape index (κ3) is 6.28. The number of pyridine rings is 1. The van der Waals surface area contributed by atoms with Crippen LogP contribution < -0.4 is 0 Å². The molecule has 0 aliphatic rings. The van der Waals surface area contributed by atoms with E-state index < -0.39 is 0 Å². The van der Waals surface area contributed by atoms with Gasteiger partial charge in [0.15, 0.2) is 0 Å². The van der Waals surface area contributed by atoms with Crippen LogP contribution in [0.4, 0.5) is 0 Å². The minimum absolute atomic E-state index is 0.0370. The molecule has 5 heteroatoms. The van der Waals surface area contributed by atoms with Crippen molar-refractivity contribution in [1.29, 1.82) is 0 Å². The third-order valence-electron chi connectivity index (χ3n) is 13.1. The number of hydrogen-bond donors (Lipinski definition) is 1. The summed E-state index contributed by atoms with van der Waals surface area (Å²) in [6.07, 6.45) is 1.96. The molecule has 5 nitrogen and oxygen atoms in total. The topological polar surface area (TPSA) is 51.4 Å². The number of rotatable bonds is 7. The predicted molar refractivity (Wildman–Crippen MR) is 266 cm³/mol. The Kier molecular flexibility index (Phi) is 9.02. The lowest BCUT2D eigenvalue weighted by atomic mass is 9.85. The van der Waals surface area contributed by atoms with Crippen LogP contribution in [0.3, 0.4) is 0 Å². The number of H-pyrrole nitrogens is 1. The van der Waals surface area contributed by atoms with E-state index in [2.05, 4.69) is 220 Å². The molecule has 4 heterocycles. The first-order valence-electron chi connectivity index (χ1n) is 22.3. The summed E-state index contributed by atoms with van der Waals surface area (Å²) < 4.78 is 4.69. The molecule has 0 atom stereocenters. The average molecular weight is 818 g/mol. The molecule has 63 heavy (non-hydrogen) atoms. The molecule has 11 aromatic rings. The number of benzene rings is 7. The van der Waals surface area contributed by atoms with Gasteiger partial charge in [-0.05, 0) is 111 Å². The number of nitrogens with zero attached hydrogens (tertiary/aromatic N) is 4. The fourth-order valence-electron chi connectivity index (χ4n) is 9.89. The summed E-state index contributed by atoms with van der Waals surface area (Å²) in [6, 6.07) is 57.6. The first-order chi connectivity index (χ1) is 30.5. The first kappa shape index (κ1) is 38.7. The minimum atomic E-state index is -0.0370. The third-order valence-corrected chi connectivity index (χ3v) is 13.1. The van der Waals surface area contributed by atoms with Gasteiger partial charge < -0.3 is 4.98 Å². The van der Waals surface area contributed by atoms with Gasteiger partial charge in [-0.3, -0.25) is 9.13 Å². The summed E-state index contributed by atoms with van der Waals surface area (Å²) in [5.74, 6) is 2.60. The molecular formula is C58H51N5. The number of imidazole rings is 1. The van der Waals surface area contributed by atoms with E-state index in [-0.39, 0.29) is 5.41 Å². The zero-order valence-corrected chi connectivity index (χ0v) is 37.0. The van der Waals surface area contributed by atoms with Gasteiger partial charge in [0.25, 0.3) is 0 Å². The Balaban J connectivity index is 1.17. The van der Waals surface area contributed by atoms with Gasteiger partial charge in [-0.15, -0.1) is 0 Å². The second-order valence-electron chi connectivity index (χ2n) is 18.8. The molecule has 1 N–H and O–H groups in total. The highest BCUT2D eigenvalue weighted by Gasteiger charge is 2.24. The smallest absolute Gasteiger partial charge is 0.147 e. The summed E-state index contributed by atoms with van der Waals surface area (Å²) >= 11 is 0. The van der Waals surface area contributed by atoms with Gasteiger partial charge in [-0.2, -0.15) is 0 Å². The summed E-state index contributed by atoms with van der Waals surface area (Å²) in [7, 11) is 0. The molecule has 0 saturated heterocycles. The number of hydrogen-bond acceptors (Lipinski definition) is 2. The van der Waals surface area contributed by atoms with Gasteiger partial charge in [0.2, 0.25) is 0 Å². The summed E-state index contributed by atoms with van der Waals surface area (Å²) in [5, 5.41) is 4.80. The van der Waals surface area contributed by atoms with E-state index in [1.807, 2.05) is 6.20 Å². The highest BCUT2D eigenvalue weighted by molar-refractivity contribution is 6.13. The Morgan fingerprint density at radius 1 is 0.524 bits per heavy atom. The molecule has 0 bridgehead atoms. The van der Waals surface area contributed by atoms with Crippen molar-refractivity contribution in [3.05, 3.63) is 181 Å². The van der Waals surface area contributed by atoms with Gasteiger partial charge in [-0.1, -0.05) is 146 Å². The Bertz CT molecular complexity index is 3530. The molecule has 4 aromatic heterocycles. The van der Waals surface area contributed by atoms with E-state index in [4.69, 9.17) is 9.97 Å². The fourth-order valence-corrected chi connectivity index (χ4v) is 9.89. The Morgan fingerprint density at radius 2 is 1.22 bits per heavy atom. The molecule has 7 aromatic carbocycles. The van der Waals surface area contributed by atoms with Gasteiger partial charge >= 0.3 is 0 Å². The van der Waals surface area contributed by atoms with Crippen LogP contribution >= 0.6 is 0 Å². The Morgan fingerprint density at radius 3 is 2.00 bits per heavy atom. The average Bonchev–Trinajstić information content (AvgIpc) is 3.98. The lowest BCUT2D eigenvalue weighted by molar-refractivity contribution is 0.588. The highest BCUT2D eigenvalue weighted by Crippen LogP contribution is 2.43. The van der Waals surface area contributed by atoms with Crippen LogP contribution in [-0.4, -0.2) is 24.1 Å². The van der Waals surface area contributed by atoms with Crippen molar-refractivity contribution < 1.29 is 0 Å². The van der Waals surface area contributed by atoms with E-state index in [0.29, 0.717) is 11.8 Å². The molecule has 0 spiro atoms. The van der Waals surface area contributed by atoms with Crippen molar-refractivity contribution in [2.24, 2.45) is 0 Å². The van der Waals surface area contributed by atoms with Crippen LogP contribution in [-0.2, 0) is 5.41 Å². The molecule has 0 amide bonds. The second kappa shape index (κ2) is 14.7. The largest absolute Gasteiger partial charge is 0.354 e. The number of aromatic amines is 1. The Labute approximate surface area is 368 Å². The second-order valence-corrected chi connectivity index (χ2v) is 18.8. The monoisotopic (exact) mass is 817 g/mol. The minimum Gasteiger partial charge on any atom is -0.354 e. The summed E-state index contributed by atoms with van der Waals surface area (Å²) in [5.41, 5.74) is 17.3. The van der Waals surface area contributed by atoms with Gasteiger partial charge in [-0.25, -0.2) is 9.97 Å². The molecule has 0 aliphatic heterocycles. The van der Waals surface area contributed by atoms with Gasteiger partial charge in [0.05, 0.1) is 27.6 Å². The molecule has 308 valence electrons. The Hall–Kier alpha value is -7.24. The normalized spacial score (nSPS) is 12.3. The van der Waals surface area contributed by atoms with E-state index in [0.717, 1.165) is 67.1 Å². The first-order valence-corrected chi connectivity index (χ1v) is 22.3. The molecule has 11 rings (SSSR count). The molecule has 0 radical (unpaired) electrons.